The number of anilines is 1. The fourth-order valence-corrected chi connectivity index (χ4v) is 2.91. The van der Waals surface area contributed by atoms with E-state index in [2.05, 4.69) is 10.4 Å². The van der Waals surface area contributed by atoms with Crippen molar-refractivity contribution >= 4 is 17.5 Å². The first-order valence-electron chi connectivity index (χ1n) is 8.59. The summed E-state index contributed by atoms with van der Waals surface area (Å²) in [6.07, 6.45) is 0. The lowest BCUT2D eigenvalue weighted by Gasteiger charge is -2.21. The van der Waals surface area contributed by atoms with Gasteiger partial charge in [-0.15, -0.1) is 4.68 Å². The summed E-state index contributed by atoms with van der Waals surface area (Å²) >= 11 is 0. The van der Waals surface area contributed by atoms with E-state index >= 15 is 0 Å². The molecule has 0 aliphatic carbocycles. The van der Waals surface area contributed by atoms with Gasteiger partial charge in [-0.2, -0.15) is 4.68 Å². The Morgan fingerprint density at radius 1 is 1.11 bits per heavy atom. The first-order chi connectivity index (χ1) is 13.4. The van der Waals surface area contributed by atoms with Crippen LogP contribution in [0.1, 0.15) is 29.8 Å². The Bertz CT molecular complexity index is 1120. The summed E-state index contributed by atoms with van der Waals surface area (Å²) in [5.41, 5.74) is 0.119. The Kier molecular flexibility index (Phi) is 5.16. The second-order valence-corrected chi connectivity index (χ2v) is 6.09. The van der Waals surface area contributed by atoms with Crippen LogP contribution in [0.2, 0.25) is 0 Å². The van der Waals surface area contributed by atoms with Gasteiger partial charge >= 0.3 is 11.7 Å². The molecule has 9 heteroatoms. The Morgan fingerprint density at radius 3 is 2.46 bits per heavy atom. The van der Waals surface area contributed by atoms with Gasteiger partial charge in [-0.05, 0) is 55.0 Å². The third-order valence-corrected chi connectivity index (χ3v) is 4.29. The van der Waals surface area contributed by atoms with Crippen LogP contribution in [0.5, 0.6) is 0 Å². The highest BCUT2D eigenvalue weighted by Crippen LogP contribution is 2.20. The number of carbonyl (C=O) groups is 2. The van der Waals surface area contributed by atoms with E-state index in [-0.39, 0.29) is 17.8 Å². The van der Waals surface area contributed by atoms with Gasteiger partial charge in [0.15, 0.2) is 5.78 Å². The number of tetrazole rings is 1. The zero-order chi connectivity index (χ0) is 20.4. The van der Waals surface area contributed by atoms with Gasteiger partial charge in [-0.3, -0.25) is 9.69 Å². The molecule has 3 aromatic rings. The van der Waals surface area contributed by atoms with E-state index < -0.39 is 23.3 Å². The summed E-state index contributed by atoms with van der Waals surface area (Å²) in [7, 11) is 0. The number of rotatable bonds is 4. The number of hydrogen-bond donors (Lipinski definition) is 0. The summed E-state index contributed by atoms with van der Waals surface area (Å²) in [5.74, 6) is -1.27. The summed E-state index contributed by atoms with van der Waals surface area (Å²) in [6, 6.07) is 10.3. The number of hydrogen-bond acceptors (Lipinski definition) is 5. The molecule has 8 nitrogen and oxygen atoms in total. The Balaban J connectivity index is 2.10. The Morgan fingerprint density at radius 2 is 1.82 bits per heavy atom. The van der Waals surface area contributed by atoms with Gasteiger partial charge in [0.05, 0.1) is 0 Å². The maximum absolute atomic E-state index is 14.3. The molecule has 0 unspecified atom stereocenters. The lowest BCUT2D eigenvalue weighted by molar-refractivity contribution is 0.101. The van der Waals surface area contributed by atoms with Gasteiger partial charge in [0.1, 0.15) is 11.5 Å². The molecule has 0 radical (unpaired) electrons. The molecule has 0 spiro atoms. The van der Waals surface area contributed by atoms with Crippen LogP contribution < -0.4 is 10.6 Å². The molecule has 3 rings (SSSR count). The number of aryl methyl sites for hydroxylation is 1. The molecule has 0 saturated carbocycles. The molecule has 1 amide bonds. The number of Topliss-reactive ketones (excluding diaryl/α,β-unsaturated/α-hetero) is 1. The molecule has 0 N–H and O–H groups in total. The molecule has 28 heavy (non-hydrogen) atoms. The predicted molar refractivity (Wildman–Crippen MR) is 101 cm³/mol. The highest BCUT2D eigenvalue weighted by Gasteiger charge is 2.25. The van der Waals surface area contributed by atoms with Crippen LogP contribution in [0, 0.1) is 12.7 Å². The maximum atomic E-state index is 14.3. The maximum Gasteiger partial charge on any atom is 0.377 e. The van der Waals surface area contributed by atoms with Crippen LogP contribution >= 0.6 is 0 Å². The molecule has 0 saturated heterocycles. The largest absolute Gasteiger partial charge is 0.377 e. The first-order valence-corrected chi connectivity index (χ1v) is 8.59. The van der Waals surface area contributed by atoms with E-state index in [0.717, 1.165) is 11.6 Å². The average molecular weight is 383 g/mol. The van der Waals surface area contributed by atoms with Crippen LogP contribution in [-0.2, 0) is 0 Å². The molecule has 0 atom stereocenters. The number of carbonyl (C=O) groups excluding carboxylic acids is 2. The van der Waals surface area contributed by atoms with E-state index in [1.165, 1.54) is 24.0 Å². The zero-order valence-electron chi connectivity index (χ0n) is 15.6. The van der Waals surface area contributed by atoms with Gasteiger partial charge in [-0.1, -0.05) is 24.3 Å². The summed E-state index contributed by atoms with van der Waals surface area (Å²) in [6.45, 7) is 5.12. The minimum absolute atomic E-state index is 0.0344. The van der Waals surface area contributed by atoms with Crippen LogP contribution in [0.3, 0.4) is 0 Å². The van der Waals surface area contributed by atoms with Gasteiger partial charge in [0.25, 0.3) is 0 Å². The molecular weight excluding hydrogens is 365 g/mol. The molecule has 2 aromatic carbocycles. The second-order valence-electron chi connectivity index (χ2n) is 6.09. The molecule has 1 aromatic heterocycles. The monoisotopic (exact) mass is 383 g/mol. The average Bonchev–Trinajstić information content (AvgIpc) is 3.04. The Hall–Kier alpha value is -3.62. The van der Waals surface area contributed by atoms with Crippen molar-refractivity contribution in [3.63, 3.8) is 0 Å². The van der Waals surface area contributed by atoms with Crippen molar-refractivity contribution in [1.82, 2.24) is 19.8 Å². The van der Waals surface area contributed by atoms with Gasteiger partial charge in [0.2, 0.25) is 0 Å². The van der Waals surface area contributed by atoms with Crippen molar-refractivity contribution < 1.29 is 14.0 Å². The van der Waals surface area contributed by atoms with E-state index in [1.54, 1.807) is 19.1 Å². The fourth-order valence-electron chi connectivity index (χ4n) is 2.91. The number of aromatic nitrogens is 4. The number of halogens is 1. The topological polar surface area (TPSA) is 90.1 Å². The fraction of sp³-hybridized carbons (Fsp3) is 0.211. The van der Waals surface area contributed by atoms with Crippen molar-refractivity contribution in [1.29, 1.82) is 0 Å². The molecule has 144 valence electrons. The number of para-hydroxylation sites is 2. The minimum atomic E-state index is -0.968. The number of ketones is 1. The van der Waals surface area contributed by atoms with E-state index in [9.17, 15) is 18.8 Å². The highest BCUT2D eigenvalue weighted by atomic mass is 19.1. The standard InChI is InChI=1S/C19H18FN5O3/c1-4-23(16-11-6-5-8-12(16)2)18(27)25-19(28)24(21-22-25)17-14(13(3)26)9-7-10-15(17)20/h5-11H,4H2,1-3H3. The normalized spacial score (nSPS) is 10.7. The van der Waals surface area contributed by atoms with Crippen molar-refractivity contribution in [2.75, 3.05) is 11.4 Å². The molecule has 0 fully saturated rings. The molecule has 0 aliphatic heterocycles. The van der Waals surface area contributed by atoms with Gasteiger partial charge in [-0.25, -0.2) is 14.0 Å². The number of benzene rings is 2. The summed E-state index contributed by atoms with van der Waals surface area (Å²) in [5, 5.41) is 7.23. The summed E-state index contributed by atoms with van der Waals surface area (Å²) < 4.78 is 15.5. The van der Waals surface area contributed by atoms with Crippen molar-refractivity contribution in [3.8, 4) is 5.69 Å². The lowest BCUT2D eigenvalue weighted by Crippen LogP contribution is -2.41. The first kappa shape index (κ1) is 19.2. The molecule has 0 aliphatic rings. The minimum Gasteiger partial charge on any atom is -0.294 e. The van der Waals surface area contributed by atoms with E-state index in [4.69, 9.17) is 0 Å². The number of amides is 1. The summed E-state index contributed by atoms with van der Waals surface area (Å²) in [4.78, 5) is 38.8. The van der Waals surface area contributed by atoms with Gasteiger partial charge in [0, 0.05) is 17.8 Å². The van der Waals surface area contributed by atoms with Crippen LogP contribution in [0.4, 0.5) is 14.9 Å². The van der Waals surface area contributed by atoms with Crippen molar-refractivity contribution in [2.45, 2.75) is 20.8 Å². The zero-order valence-corrected chi connectivity index (χ0v) is 15.6. The SMILES string of the molecule is CCN(C(=O)n1nnn(-c2c(F)cccc2C(C)=O)c1=O)c1ccccc1C. The van der Waals surface area contributed by atoms with Crippen LogP contribution in [0.25, 0.3) is 5.69 Å². The number of nitrogens with zero attached hydrogens (tertiary/aromatic N) is 5. The van der Waals surface area contributed by atoms with Gasteiger partial charge < -0.3 is 0 Å². The lowest BCUT2D eigenvalue weighted by atomic mass is 10.1. The molecular formula is C19H18FN5O3. The smallest absolute Gasteiger partial charge is 0.294 e. The van der Waals surface area contributed by atoms with E-state index in [0.29, 0.717) is 15.1 Å². The van der Waals surface area contributed by atoms with E-state index in [1.807, 2.05) is 19.1 Å². The van der Waals surface area contributed by atoms with Crippen LogP contribution in [0.15, 0.2) is 47.3 Å². The predicted octanol–water partition coefficient (Wildman–Crippen LogP) is 2.57. The second kappa shape index (κ2) is 7.55. The molecule has 1 heterocycles. The quantitative estimate of drug-likeness (QED) is 0.510. The molecule has 0 bridgehead atoms. The third kappa shape index (κ3) is 3.22. The Labute approximate surface area is 159 Å². The van der Waals surface area contributed by atoms with Crippen LogP contribution in [-0.4, -0.2) is 38.1 Å². The van der Waals surface area contributed by atoms with Crippen molar-refractivity contribution in [2.24, 2.45) is 0 Å². The van der Waals surface area contributed by atoms with Crippen molar-refractivity contribution in [3.05, 3.63) is 69.9 Å². The third-order valence-electron chi connectivity index (χ3n) is 4.29. The highest BCUT2D eigenvalue weighted by molar-refractivity contribution is 5.97.